The molecule has 2 atom stereocenters. The summed E-state index contributed by atoms with van der Waals surface area (Å²) < 4.78 is 78.7. The zero-order chi connectivity index (χ0) is 26.4. The second-order valence-corrected chi connectivity index (χ2v) is 9.84. The van der Waals surface area contributed by atoms with Gasteiger partial charge in [0.25, 0.3) is 0 Å². The Hall–Kier alpha value is -3.04. The second-order valence-electron chi connectivity index (χ2n) is 9.84. The van der Waals surface area contributed by atoms with Crippen LogP contribution in [0.3, 0.4) is 0 Å². The number of nitrogens with zero attached hydrogens (tertiary/aromatic N) is 4. The molecule has 0 radical (unpaired) electrons. The summed E-state index contributed by atoms with van der Waals surface area (Å²) in [6.45, 7) is 8.99. The number of hydrogen-bond donors (Lipinski definition) is 0. The van der Waals surface area contributed by atoms with E-state index in [0.717, 1.165) is 24.3 Å². The summed E-state index contributed by atoms with van der Waals surface area (Å²) >= 11 is 0. The maximum atomic E-state index is 13.1. The van der Waals surface area contributed by atoms with Crippen molar-refractivity contribution in [3.8, 4) is 0 Å². The molecule has 2 aromatic rings. The molecule has 2 aliphatic rings. The molecule has 194 valence electrons. The summed E-state index contributed by atoms with van der Waals surface area (Å²) in [7, 11) is 0. The summed E-state index contributed by atoms with van der Waals surface area (Å²) in [6.07, 6.45) is -8.89. The third-order valence-corrected chi connectivity index (χ3v) is 6.58. The highest BCUT2D eigenvalue weighted by Crippen LogP contribution is 2.35. The molecule has 0 spiro atoms. The molecule has 0 bridgehead atoms. The van der Waals surface area contributed by atoms with Gasteiger partial charge in [-0.3, -0.25) is 9.98 Å². The molecule has 0 saturated heterocycles. The lowest BCUT2D eigenvalue weighted by atomic mass is 10.1. The van der Waals surface area contributed by atoms with Crippen molar-refractivity contribution in [1.82, 2.24) is 0 Å². The highest BCUT2D eigenvalue weighted by Gasteiger charge is 2.39. The third-order valence-electron chi connectivity index (χ3n) is 6.58. The second kappa shape index (κ2) is 9.44. The summed E-state index contributed by atoms with van der Waals surface area (Å²) in [5.41, 5.74) is -0.386. The maximum Gasteiger partial charge on any atom is 0.416 e. The van der Waals surface area contributed by atoms with E-state index >= 15 is 0 Å². The van der Waals surface area contributed by atoms with E-state index in [1.165, 1.54) is 24.3 Å². The predicted octanol–water partition coefficient (Wildman–Crippen LogP) is 6.91. The van der Waals surface area contributed by atoms with Gasteiger partial charge < -0.3 is 9.80 Å². The molecular formula is C26H28F6N4. The quantitative estimate of drug-likeness (QED) is 0.410. The van der Waals surface area contributed by atoms with E-state index in [4.69, 9.17) is 9.98 Å². The van der Waals surface area contributed by atoms with Gasteiger partial charge in [-0.2, -0.15) is 26.3 Å². The first-order chi connectivity index (χ1) is 16.8. The highest BCUT2D eigenvalue weighted by molar-refractivity contribution is 6.50. The zero-order valence-electron chi connectivity index (χ0n) is 20.4. The standard InChI is InChI=1S/C26H28F6N4/c1-15(2)21-13-35(19-9-5-17(6-10-19)25(27,28)29)23(33-21)24-34-22(16(3)4)14-36(24)20-11-7-18(8-12-20)26(30,31)32/h5-12,15-16,21-22H,13-14H2,1-4H3/t21-,22+. The molecule has 10 heteroatoms. The van der Waals surface area contributed by atoms with Gasteiger partial charge in [0.2, 0.25) is 0 Å². The van der Waals surface area contributed by atoms with Crippen molar-refractivity contribution in [2.24, 2.45) is 21.8 Å². The van der Waals surface area contributed by atoms with Gasteiger partial charge in [0.1, 0.15) is 0 Å². The molecule has 0 aliphatic carbocycles. The fourth-order valence-electron chi connectivity index (χ4n) is 4.28. The molecule has 0 saturated carbocycles. The van der Waals surface area contributed by atoms with Gasteiger partial charge in [-0.15, -0.1) is 0 Å². The Labute approximate surface area is 206 Å². The normalized spacial score (nSPS) is 21.0. The third kappa shape index (κ3) is 5.22. The number of alkyl halides is 6. The first kappa shape index (κ1) is 26.0. The summed E-state index contributed by atoms with van der Waals surface area (Å²) in [4.78, 5) is 13.5. The van der Waals surface area contributed by atoms with Crippen molar-refractivity contribution in [3.05, 3.63) is 59.7 Å². The Morgan fingerprint density at radius 3 is 1.17 bits per heavy atom. The maximum absolute atomic E-state index is 13.1. The molecule has 0 N–H and O–H groups in total. The molecule has 2 aromatic carbocycles. The van der Waals surface area contributed by atoms with Crippen molar-refractivity contribution < 1.29 is 26.3 Å². The van der Waals surface area contributed by atoms with E-state index in [0.29, 0.717) is 36.1 Å². The minimum absolute atomic E-state index is 0.113. The molecule has 0 unspecified atom stereocenters. The average Bonchev–Trinajstić information content (AvgIpc) is 3.43. The van der Waals surface area contributed by atoms with Crippen molar-refractivity contribution in [2.75, 3.05) is 22.9 Å². The van der Waals surface area contributed by atoms with Crippen LogP contribution in [-0.2, 0) is 12.4 Å². The number of halogens is 6. The van der Waals surface area contributed by atoms with Crippen LogP contribution in [0.15, 0.2) is 58.5 Å². The minimum atomic E-state index is -4.44. The van der Waals surface area contributed by atoms with Gasteiger partial charge in [0.05, 0.1) is 23.2 Å². The summed E-state index contributed by atoms with van der Waals surface area (Å²) in [6, 6.07) is 9.59. The smallest absolute Gasteiger partial charge is 0.321 e. The Bertz CT molecular complexity index is 1040. The van der Waals surface area contributed by atoms with Crippen LogP contribution in [-0.4, -0.2) is 36.8 Å². The van der Waals surface area contributed by atoms with Crippen molar-refractivity contribution >= 4 is 23.0 Å². The van der Waals surface area contributed by atoms with Crippen LogP contribution in [0, 0.1) is 11.8 Å². The van der Waals surface area contributed by atoms with E-state index < -0.39 is 23.5 Å². The van der Waals surface area contributed by atoms with Crippen LogP contribution in [0.25, 0.3) is 0 Å². The SMILES string of the molecule is CC(C)[C@@H]1CN(c2ccc(C(F)(F)F)cc2)C(C2=N[C@@H](C(C)C)CN2c2ccc(C(F)(F)F)cc2)=N1. The van der Waals surface area contributed by atoms with E-state index in [2.05, 4.69) is 0 Å². The number of hydrogen-bond acceptors (Lipinski definition) is 4. The van der Waals surface area contributed by atoms with Crippen LogP contribution in [0.2, 0.25) is 0 Å². The van der Waals surface area contributed by atoms with Gasteiger partial charge >= 0.3 is 12.4 Å². The fourth-order valence-corrected chi connectivity index (χ4v) is 4.28. The summed E-state index contributed by atoms with van der Waals surface area (Å²) in [5, 5.41) is 0. The van der Waals surface area contributed by atoms with Gasteiger partial charge in [-0.05, 0) is 60.4 Å². The van der Waals surface area contributed by atoms with Gasteiger partial charge in [0.15, 0.2) is 11.7 Å². The van der Waals surface area contributed by atoms with Crippen molar-refractivity contribution in [1.29, 1.82) is 0 Å². The van der Waals surface area contributed by atoms with E-state index in [1.807, 2.05) is 37.5 Å². The molecule has 4 nitrogen and oxygen atoms in total. The molecule has 0 amide bonds. The van der Waals surface area contributed by atoms with Gasteiger partial charge in [0, 0.05) is 24.5 Å². The molecule has 36 heavy (non-hydrogen) atoms. The first-order valence-corrected chi connectivity index (χ1v) is 11.8. The van der Waals surface area contributed by atoms with Crippen LogP contribution in [0.4, 0.5) is 37.7 Å². The summed E-state index contributed by atoms with van der Waals surface area (Å²) in [5.74, 6) is 1.36. The minimum Gasteiger partial charge on any atom is -0.321 e. The Morgan fingerprint density at radius 2 is 0.917 bits per heavy atom. The molecule has 0 aromatic heterocycles. The number of amidine groups is 2. The van der Waals surface area contributed by atoms with Crippen LogP contribution >= 0.6 is 0 Å². The molecular weight excluding hydrogens is 482 g/mol. The number of anilines is 2. The lowest BCUT2D eigenvalue weighted by Gasteiger charge is -2.27. The highest BCUT2D eigenvalue weighted by atomic mass is 19.4. The molecule has 0 fully saturated rings. The monoisotopic (exact) mass is 510 g/mol. The number of aliphatic imine (C=N–C) groups is 2. The van der Waals surface area contributed by atoms with E-state index in [1.54, 1.807) is 0 Å². The largest absolute Gasteiger partial charge is 0.416 e. The predicted molar refractivity (Wildman–Crippen MR) is 130 cm³/mol. The average molecular weight is 511 g/mol. The Kier molecular flexibility index (Phi) is 6.83. The zero-order valence-corrected chi connectivity index (χ0v) is 20.4. The molecule has 2 aliphatic heterocycles. The first-order valence-electron chi connectivity index (χ1n) is 11.8. The number of rotatable bonds is 5. The molecule has 2 heterocycles. The van der Waals surface area contributed by atoms with Gasteiger partial charge in [-0.25, -0.2) is 0 Å². The van der Waals surface area contributed by atoms with Crippen LogP contribution in [0.5, 0.6) is 0 Å². The Morgan fingerprint density at radius 1 is 0.611 bits per heavy atom. The van der Waals surface area contributed by atoms with Crippen molar-refractivity contribution in [2.45, 2.75) is 52.1 Å². The topological polar surface area (TPSA) is 31.2 Å². The van der Waals surface area contributed by atoms with Crippen molar-refractivity contribution in [3.63, 3.8) is 0 Å². The van der Waals surface area contributed by atoms with E-state index in [-0.39, 0.29) is 23.9 Å². The lowest BCUT2D eigenvalue weighted by Crippen LogP contribution is -2.42. The van der Waals surface area contributed by atoms with E-state index in [9.17, 15) is 26.3 Å². The van der Waals surface area contributed by atoms with Crippen LogP contribution < -0.4 is 9.80 Å². The number of benzene rings is 2. The fraction of sp³-hybridized carbons (Fsp3) is 0.462. The lowest BCUT2D eigenvalue weighted by molar-refractivity contribution is -0.138. The Balaban J connectivity index is 1.74. The van der Waals surface area contributed by atoms with Crippen LogP contribution in [0.1, 0.15) is 38.8 Å². The molecule has 4 rings (SSSR count). The van der Waals surface area contributed by atoms with Gasteiger partial charge in [-0.1, -0.05) is 27.7 Å².